The first-order valence-corrected chi connectivity index (χ1v) is 7.33. The highest BCUT2D eigenvalue weighted by molar-refractivity contribution is 5.82. The molecule has 1 unspecified atom stereocenters. The lowest BCUT2D eigenvalue weighted by Crippen LogP contribution is -2.53. The highest BCUT2D eigenvalue weighted by Crippen LogP contribution is 2.20. The molecular weight excluding hydrogens is 240 g/mol. The molecule has 1 rings (SSSR count). The standard InChI is InChI=1S/C15H28N2O2/c1-6-15(4,5)16-14(19)11(2)17-9-7-13(8-10-17)12(3)18/h11,13H,6-10H2,1-5H3,(H,16,19). The smallest absolute Gasteiger partial charge is 0.237 e. The highest BCUT2D eigenvalue weighted by Gasteiger charge is 2.30. The van der Waals surface area contributed by atoms with Gasteiger partial charge in [-0.15, -0.1) is 0 Å². The van der Waals surface area contributed by atoms with E-state index >= 15 is 0 Å². The molecule has 0 spiro atoms. The van der Waals surface area contributed by atoms with E-state index in [1.807, 2.05) is 20.8 Å². The summed E-state index contributed by atoms with van der Waals surface area (Å²) in [5, 5.41) is 3.09. The van der Waals surface area contributed by atoms with E-state index in [-0.39, 0.29) is 29.2 Å². The van der Waals surface area contributed by atoms with Gasteiger partial charge >= 0.3 is 0 Å². The van der Waals surface area contributed by atoms with Crippen LogP contribution in [0.15, 0.2) is 0 Å². The van der Waals surface area contributed by atoms with Gasteiger partial charge in [0.15, 0.2) is 0 Å². The Kier molecular flexibility index (Phi) is 5.53. The molecule has 0 aromatic rings. The van der Waals surface area contributed by atoms with E-state index in [9.17, 15) is 9.59 Å². The first-order valence-electron chi connectivity index (χ1n) is 7.33. The quantitative estimate of drug-likeness (QED) is 0.829. The van der Waals surface area contributed by atoms with E-state index in [1.165, 1.54) is 0 Å². The van der Waals surface area contributed by atoms with Crippen LogP contribution in [-0.4, -0.2) is 41.3 Å². The Morgan fingerprint density at radius 3 is 2.26 bits per heavy atom. The maximum Gasteiger partial charge on any atom is 0.237 e. The maximum atomic E-state index is 12.2. The fraction of sp³-hybridized carbons (Fsp3) is 0.867. The molecule has 1 amide bonds. The molecule has 1 saturated heterocycles. The molecular formula is C15H28N2O2. The Labute approximate surface area is 116 Å². The summed E-state index contributed by atoms with van der Waals surface area (Å²) in [6.45, 7) is 11.5. The van der Waals surface area contributed by atoms with Crippen molar-refractivity contribution in [3.05, 3.63) is 0 Å². The number of amides is 1. The van der Waals surface area contributed by atoms with Crippen LogP contribution in [0.5, 0.6) is 0 Å². The number of carbonyl (C=O) groups is 2. The number of hydrogen-bond donors (Lipinski definition) is 1. The Morgan fingerprint density at radius 2 is 1.84 bits per heavy atom. The van der Waals surface area contributed by atoms with Gasteiger partial charge in [0.2, 0.25) is 5.91 Å². The second kappa shape index (κ2) is 6.51. The molecule has 19 heavy (non-hydrogen) atoms. The van der Waals surface area contributed by atoms with Gasteiger partial charge in [-0.1, -0.05) is 6.92 Å². The van der Waals surface area contributed by atoms with Gasteiger partial charge in [-0.2, -0.15) is 0 Å². The van der Waals surface area contributed by atoms with Gasteiger partial charge in [-0.05, 0) is 60.0 Å². The molecule has 0 bridgehead atoms. The topological polar surface area (TPSA) is 49.4 Å². The summed E-state index contributed by atoms with van der Waals surface area (Å²) in [5.74, 6) is 0.565. The van der Waals surface area contributed by atoms with Gasteiger partial charge < -0.3 is 5.32 Å². The van der Waals surface area contributed by atoms with Crippen molar-refractivity contribution in [1.29, 1.82) is 0 Å². The summed E-state index contributed by atoms with van der Waals surface area (Å²) in [7, 11) is 0. The van der Waals surface area contributed by atoms with Crippen molar-refractivity contribution >= 4 is 11.7 Å². The van der Waals surface area contributed by atoms with E-state index in [1.54, 1.807) is 6.92 Å². The zero-order valence-electron chi connectivity index (χ0n) is 13.0. The predicted octanol–water partition coefficient (Wildman–Crippen LogP) is 1.98. The van der Waals surface area contributed by atoms with Crippen LogP contribution in [0.1, 0.15) is 53.9 Å². The number of nitrogens with one attached hydrogen (secondary N) is 1. The zero-order valence-corrected chi connectivity index (χ0v) is 13.0. The van der Waals surface area contributed by atoms with Crippen LogP contribution in [0.3, 0.4) is 0 Å². The van der Waals surface area contributed by atoms with Crippen LogP contribution in [-0.2, 0) is 9.59 Å². The molecule has 1 heterocycles. The van der Waals surface area contributed by atoms with E-state index in [2.05, 4.69) is 17.1 Å². The lowest BCUT2D eigenvalue weighted by molar-refractivity contribution is -0.128. The van der Waals surface area contributed by atoms with Crippen LogP contribution >= 0.6 is 0 Å². The van der Waals surface area contributed by atoms with E-state index in [4.69, 9.17) is 0 Å². The van der Waals surface area contributed by atoms with Crippen molar-refractivity contribution < 1.29 is 9.59 Å². The molecule has 0 radical (unpaired) electrons. The van der Waals surface area contributed by atoms with Crippen LogP contribution in [0.4, 0.5) is 0 Å². The first-order chi connectivity index (χ1) is 8.76. The van der Waals surface area contributed by atoms with Gasteiger partial charge in [-0.3, -0.25) is 14.5 Å². The summed E-state index contributed by atoms with van der Waals surface area (Å²) >= 11 is 0. The fourth-order valence-corrected chi connectivity index (χ4v) is 2.39. The molecule has 0 aliphatic carbocycles. The van der Waals surface area contributed by atoms with Crippen molar-refractivity contribution in [3.63, 3.8) is 0 Å². The molecule has 1 aliphatic rings. The summed E-state index contributed by atoms with van der Waals surface area (Å²) < 4.78 is 0. The van der Waals surface area contributed by atoms with Gasteiger partial charge in [0, 0.05) is 11.5 Å². The predicted molar refractivity (Wildman–Crippen MR) is 77.0 cm³/mol. The Balaban J connectivity index is 2.49. The summed E-state index contributed by atoms with van der Waals surface area (Å²) in [6.07, 6.45) is 2.67. The monoisotopic (exact) mass is 268 g/mol. The van der Waals surface area contributed by atoms with E-state index in [0.717, 1.165) is 32.4 Å². The van der Waals surface area contributed by atoms with Crippen LogP contribution < -0.4 is 5.32 Å². The van der Waals surface area contributed by atoms with Gasteiger partial charge in [-0.25, -0.2) is 0 Å². The first kappa shape index (κ1) is 16.2. The number of carbonyl (C=O) groups excluding carboxylic acids is 2. The van der Waals surface area contributed by atoms with Gasteiger partial charge in [0.1, 0.15) is 5.78 Å². The third-order valence-electron chi connectivity index (χ3n) is 4.38. The molecule has 1 N–H and O–H groups in total. The van der Waals surface area contributed by atoms with Crippen molar-refractivity contribution in [1.82, 2.24) is 10.2 Å². The number of nitrogens with zero attached hydrogens (tertiary/aromatic N) is 1. The lowest BCUT2D eigenvalue weighted by atomic mass is 9.92. The minimum absolute atomic E-state index is 0.0909. The van der Waals surface area contributed by atoms with E-state index in [0.29, 0.717) is 0 Å². The van der Waals surface area contributed by atoms with Crippen molar-refractivity contribution in [3.8, 4) is 0 Å². The maximum absolute atomic E-state index is 12.2. The Hall–Kier alpha value is -0.900. The normalized spacial score (nSPS) is 20.1. The Bertz CT molecular complexity index is 331. The fourth-order valence-electron chi connectivity index (χ4n) is 2.39. The SMILES string of the molecule is CCC(C)(C)NC(=O)C(C)N1CCC(C(C)=O)CC1. The molecule has 0 aromatic carbocycles. The third kappa shape index (κ3) is 4.60. The van der Waals surface area contributed by atoms with Crippen molar-refractivity contribution in [2.45, 2.75) is 65.5 Å². The van der Waals surface area contributed by atoms with Crippen LogP contribution in [0.2, 0.25) is 0 Å². The number of rotatable bonds is 5. The zero-order chi connectivity index (χ0) is 14.6. The molecule has 0 saturated carbocycles. The molecule has 110 valence electrons. The largest absolute Gasteiger partial charge is 0.350 e. The average Bonchev–Trinajstić information content (AvgIpc) is 2.37. The molecule has 4 nitrogen and oxygen atoms in total. The average molecular weight is 268 g/mol. The number of Topliss-reactive ketones (excluding diaryl/α,β-unsaturated/α-hetero) is 1. The summed E-state index contributed by atoms with van der Waals surface area (Å²) in [4.78, 5) is 25.7. The number of likely N-dealkylation sites (tertiary alicyclic amines) is 1. The number of ketones is 1. The summed E-state index contributed by atoms with van der Waals surface area (Å²) in [6, 6.07) is -0.112. The van der Waals surface area contributed by atoms with Crippen LogP contribution in [0.25, 0.3) is 0 Å². The second-order valence-corrected chi connectivity index (χ2v) is 6.32. The third-order valence-corrected chi connectivity index (χ3v) is 4.38. The van der Waals surface area contributed by atoms with Crippen molar-refractivity contribution in [2.24, 2.45) is 5.92 Å². The minimum Gasteiger partial charge on any atom is -0.350 e. The summed E-state index contributed by atoms with van der Waals surface area (Å²) in [5.41, 5.74) is -0.150. The van der Waals surface area contributed by atoms with Gasteiger partial charge in [0.05, 0.1) is 6.04 Å². The number of piperidine rings is 1. The molecule has 1 atom stereocenters. The number of hydrogen-bond acceptors (Lipinski definition) is 3. The Morgan fingerprint density at radius 1 is 1.32 bits per heavy atom. The molecule has 1 fully saturated rings. The minimum atomic E-state index is -0.150. The molecule has 1 aliphatic heterocycles. The second-order valence-electron chi connectivity index (χ2n) is 6.32. The van der Waals surface area contributed by atoms with Gasteiger partial charge in [0.25, 0.3) is 0 Å². The highest BCUT2D eigenvalue weighted by atomic mass is 16.2. The van der Waals surface area contributed by atoms with Crippen molar-refractivity contribution in [2.75, 3.05) is 13.1 Å². The molecule has 0 aromatic heterocycles. The lowest BCUT2D eigenvalue weighted by Gasteiger charge is -2.36. The van der Waals surface area contributed by atoms with Crippen LogP contribution in [0, 0.1) is 5.92 Å². The molecule has 4 heteroatoms. The van der Waals surface area contributed by atoms with E-state index < -0.39 is 0 Å².